The first-order valence-electron chi connectivity index (χ1n) is 6.62. The van der Waals surface area contributed by atoms with E-state index in [-0.39, 0.29) is 5.97 Å². The molecule has 0 aromatic carbocycles. The van der Waals surface area contributed by atoms with Gasteiger partial charge in [-0.05, 0) is 26.4 Å². The minimum atomic E-state index is -0.0992. The summed E-state index contributed by atoms with van der Waals surface area (Å²) in [6.45, 7) is 9.01. The Balaban J connectivity index is 3.54. The van der Waals surface area contributed by atoms with Gasteiger partial charge in [0, 0.05) is 0 Å². The third-order valence-electron chi connectivity index (χ3n) is 2.68. The predicted molar refractivity (Wildman–Crippen MR) is 67.5 cm³/mol. The van der Waals surface area contributed by atoms with Crippen molar-refractivity contribution in [2.45, 2.75) is 52.9 Å². The molecule has 0 spiro atoms. The summed E-state index contributed by atoms with van der Waals surface area (Å²) in [6, 6.07) is 0. The standard InChI is InChI=1S/C13H27NO2/c1-4-7-8-9-10-11-14(5-2)12-13(15)16-6-3/h4-12H2,1-3H3. The molecule has 96 valence electrons. The van der Waals surface area contributed by atoms with Gasteiger partial charge >= 0.3 is 5.97 Å². The third-order valence-corrected chi connectivity index (χ3v) is 2.68. The van der Waals surface area contributed by atoms with Crippen molar-refractivity contribution in [2.75, 3.05) is 26.2 Å². The van der Waals surface area contributed by atoms with E-state index < -0.39 is 0 Å². The van der Waals surface area contributed by atoms with E-state index in [4.69, 9.17) is 4.74 Å². The molecule has 16 heavy (non-hydrogen) atoms. The molecule has 0 unspecified atom stereocenters. The average molecular weight is 229 g/mol. The topological polar surface area (TPSA) is 29.5 Å². The van der Waals surface area contributed by atoms with Crippen LogP contribution in [0.25, 0.3) is 0 Å². The van der Waals surface area contributed by atoms with Crippen molar-refractivity contribution < 1.29 is 9.53 Å². The summed E-state index contributed by atoms with van der Waals surface area (Å²) in [5.41, 5.74) is 0. The summed E-state index contributed by atoms with van der Waals surface area (Å²) in [5, 5.41) is 0. The molecule has 0 aromatic heterocycles. The minimum absolute atomic E-state index is 0.0992. The van der Waals surface area contributed by atoms with Gasteiger partial charge in [0.1, 0.15) is 0 Å². The number of carbonyl (C=O) groups excluding carboxylic acids is 1. The summed E-state index contributed by atoms with van der Waals surface area (Å²) >= 11 is 0. The fraction of sp³-hybridized carbons (Fsp3) is 0.923. The van der Waals surface area contributed by atoms with Gasteiger partial charge in [-0.15, -0.1) is 0 Å². The SMILES string of the molecule is CCCCCCCN(CC)CC(=O)OCC. The van der Waals surface area contributed by atoms with Gasteiger partial charge in [-0.2, -0.15) is 0 Å². The molecule has 0 aromatic rings. The first-order chi connectivity index (χ1) is 7.74. The second-order valence-corrected chi connectivity index (χ2v) is 4.09. The van der Waals surface area contributed by atoms with Crippen molar-refractivity contribution >= 4 is 5.97 Å². The highest BCUT2D eigenvalue weighted by Crippen LogP contribution is 2.03. The molecule has 0 N–H and O–H groups in total. The number of likely N-dealkylation sites (N-methyl/N-ethyl adjacent to an activating group) is 1. The van der Waals surface area contributed by atoms with E-state index in [0.29, 0.717) is 13.2 Å². The molecule has 0 saturated heterocycles. The van der Waals surface area contributed by atoms with Gasteiger partial charge in [0.15, 0.2) is 0 Å². The molecular weight excluding hydrogens is 202 g/mol. The van der Waals surface area contributed by atoms with Crippen LogP contribution in [-0.2, 0) is 9.53 Å². The molecule has 0 saturated carbocycles. The van der Waals surface area contributed by atoms with E-state index in [1.807, 2.05) is 6.92 Å². The van der Waals surface area contributed by atoms with Crippen LogP contribution in [0, 0.1) is 0 Å². The quantitative estimate of drug-likeness (QED) is 0.426. The fourth-order valence-electron chi connectivity index (χ4n) is 1.68. The molecule has 0 aliphatic heterocycles. The van der Waals surface area contributed by atoms with Crippen molar-refractivity contribution in [2.24, 2.45) is 0 Å². The molecule has 0 amide bonds. The van der Waals surface area contributed by atoms with Crippen molar-refractivity contribution in [1.29, 1.82) is 0 Å². The van der Waals surface area contributed by atoms with Gasteiger partial charge < -0.3 is 4.74 Å². The van der Waals surface area contributed by atoms with Gasteiger partial charge in [-0.1, -0.05) is 39.5 Å². The normalized spacial score (nSPS) is 10.8. The largest absolute Gasteiger partial charge is 0.465 e. The zero-order valence-electron chi connectivity index (χ0n) is 11.1. The molecule has 0 aliphatic rings. The summed E-state index contributed by atoms with van der Waals surface area (Å²) < 4.78 is 4.94. The van der Waals surface area contributed by atoms with E-state index in [1.165, 1.54) is 32.1 Å². The van der Waals surface area contributed by atoms with Crippen LogP contribution in [0.3, 0.4) is 0 Å². The monoisotopic (exact) mass is 229 g/mol. The number of carbonyl (C=O) groups is 1. The number of hydrogen-bond donors (Lipinski definition) is 0. The van der Waals surface area contributed by atoms with E-state index in [9.17, 15) is 4.79 Å². The maximum absolute atomic E-state index is 11.3. The van der Waals surface area contributed by atoms with Crippen LogP contribution in [0.15, 0.2) is 0 Å². The van der Waals surface area contributed by atoms with Crippen molar-refractivity contribution in [3.05, 3.63) is 0 Å². The van der Waals surface area contributed by atoms with Crippen molar-refractivity contribution in [3.63, 3.8) is 0 Å². The van der Waals surface area contributed by atoms with Crippen LogP contribution in [-0.4, -0.2) is 37.1 Å². The second-order valence-electron chi connectivity index (χ2n) is 4.09. The molecule has 0 fully saturated rings. The summed E-state index contributed by atoms with van der Waals surface area (Å²) in [6.07, 6.45) is 6.37. The van der Waals surface area contributed by atoms with Crippen molar-refractivity contribution in [3.8, 4) is 0 Å². The minimum Gasteiger partial charge on any atom is -0.465 e. The summed E-state index contributed by atoms with van der Waals surface area (Å²) in [5.74, 6) is -0.0992. The van der Waals surface area contributed by atoms with Gasteiger partial charge in [0.25, 0.3) is 0 Å². The first-order valence-corrected chi connectivity index (χ1v) is 6.62. The highest BCUT2D eigenvalue weighted by atomic mass is 16.5. The number of nitrogens with zero attached hydrogens (tertiary/aromatic N) is 1. The number of esters is 1. The maximum atomic E-state index is 11.3. The molecule has 0 radical (unpaired) electrons. The second kappa shape index (κ2) is 10.9. The van der Waals surface area contributed by atoms with Gasteiger partial charge in [-0.25, -0.2) is 0 Å². The van der Waals surface area contributed by atoms with Crippen LogP contribution in [0.5, 0.6) is 0 Å². The van der Waals surface area contributed by atoms with Crippen LogP contribution in [0.1, 0.15) is 52.9 Å². The van der Waals surface area contributed by atoms with Gasteiger partial charge in [-0.3, -0.25) is 9.69 Å². The lowest BCUT2D eigenvalue weighted by Crippen LogP contribution is -2.31. The highest BCUT2D eigenvalue weighted by Gasteiger charge is 2.08. The van der Waals surface area contributed by atoms with Crippen LogP contribution >= 0.6 is 0 Å². The average Bonchev–Trinajstić information content (AvgIpc) is 2.27. The summed E-state index contributed by atoms with van der Waals surface area (Å²) in [4.78, 5) is 13.4. The Bertz CT molecular complexity index is 171. The van der Waals surface area contributed by atoms with Gasteiger partial charge in [0.05, 0.1) is 13.2 Å². The lowest BCUT2D eigenvalue weighted by atomic mass is 10.1. The lowest BCUT2D eigenvalue weighted by Gasteiger charge is -2.18. The van der Waals surface area contributed by atoms with E-state index in [2.05, 4.69) is 18.7 Å². The Morgan fingerprint density at radius 1 is 1.06 bits per heavy atom. The molecular formula is C13H27NO2. The Morgan fingerprint density at radius 3 is 2.31 bits per heavy atom. The molecule has 0 bridgehead atoms. The first kappa shape index (κ1) is 15.4. The Kier molecular flexibility index (Phi) is 10.5. The van der Waals surface area contributed by atoms with Crippen LogP contribution in [0.4, 0.5) is 0 Å². The molecule has 0 atom stereocenters. The molecule has 3 heteroatoms. The van der Waals surface area contributed by atoms with E-state index in [1.54, 1.807) is 0 Å². The summed E-state index contributed by atoms with van der Waals surface area (Å²) in [7, 11) is 0. The van der Waals surface area contributed by atoms with Crippen LogP contribution in [0.2, 0.25) is 0 Å². The smallest absolute Gasteiger partial charge is 0.320 e. The Labute approximate surface area is 100 Å². The van der Waals surface area contributed by atoms with Gasteiger partial charge in [0.2, 0.25) is 0 Å². The van der Waals surface area contributed by atoms with Crippen molar-refractivity contribution in [1.82, 2.24) is 4.90 Å². The zero-order chi connectivity index (χ0) is 12.2. The zero-order valence-corrected chi connectivity index (χ0v) is 11.1. The number of hydrogen-bond acceptors (Lipinski definition) is 3. The number of unbranched alkanes of at least 4 members (excludes halogenated alkanes) is 4. The Morgan fingerprint density at radius 2 is 1.75 bits per heavy atom. The fourth-order valence-corrected chi connectivity index (χ4v) is 1.68. The molecule has 0 rings (SSSR count). The number of rotatable bonds is 10. The van der Waals surface area contributed by atoms with E-state index >= 15 is 0 Å². The number of ether oxygens (including phenoxy) is 1. The Hall–Kier alpha value is -0.570. The van der Waals surface area contributed by atoms with E-state index in [0.717, 1.165) is 13.1 Å². The predicted octanol–water partition coefficient (Wildman–Crippen LogP) is 2.84. The molecule has 0 heterocycles. The third kappa shape index (κ3) is 8.72. The molecule has 0 aliphatic carbocycles. The molecule has 3 nitrogen and oxygen atoms in total. The maximum Gasteiger partial charge on any atom is 0.320 e. The van der Waals surface area contributed by atoms with Crippen LogP contribution < -0.4 is 0 Å². The lowest BCUT2D eigenvalue weighted by molar-refractivity contribution is -0.144. The highest BCUT2D eigenvalue weighted by molar-refractivity contribution is 5.71.